The standard InChI is InChI=1S/C19H23Br2O2P/c1-12(2)14-6-8-18(16(20)10-14)22-24(5)23-19-9-7-15(13(3)4)11-17(19)21/h6-13H,1-5H3. The number of halogens is 2. The first-order valence-corrected chi connectivity index (χ1v) is 11.2. The molecule has 130 valence electrons. The molecule has 2 aromatic rings. The van der Waals surface area contributed by atoms with E-state index < -0.39 is 8.38 Å². The van der Waals surface area contributed by atoms with Crippen molar-refractivity contribution in [3.8, 4) is 11.5 Å². The second-order valence-corrected chi connectivity index (χ2v) is 9.26. The number of hydrogen-bond acceptors (Lipinski definition) is 2. The predicted octanol–water partition coefficient (Wildman–Crippen LogP) is 7.86. The smallest absolute Gasteiger partial charge is 0.287 e. The average molecular weight is 474 g/mol. The summed E-state index contributed by atoms with van der Waals surface area (Å²) in [5.74, 6) is 2.60. The lowest BCUT2D eigenvalue weighted by Gasteiger charge is -2.18. The summed E-state index contributed by atoms with van der Waals surface area (Å²) in [6.45, 7) is 10.7. The SMILES string of the molecule is CC(C)c1ccc(OP(C)Oc2ccc(C(C)C)cc2Br)c(Br)c1. The second kappa shape index (κ2) is 8.69. The average Bonchev–Trinajstić information content (AvgIpc) is 2.50. The van der Waals surface area contributed by atoms with Gasteiger partial charge in [-0.15, -0.1) is 0 Å². The third-order valence-corrected chi connectivity index (χ3v) is 5.85. The van der Waals surface area contributed by atoms with Gasteiger partial charge in [0.2, 0.25) is 0 Å². The molecule has 5 heteroatoms. The molecule has 0 aliphatic rings. The Bertz CT molecular complexity index is 642. The van der Waals surface area contributed by atoms with Crippen molar-refractivity contribution < 1.29 is 9.05 Å². The second-order valence-electron chi connectivity index (χ2n) is 6.31. The van der Waals surface area contributed by atoms with Gasteiger partial charge in [-0.25, -0.2) is 0 Å². The maximum atomic E-state index is 5.99. The normalized spacial score (nSPS) is 11.4. The van der Waals surface area contributed by atoms with E-state index in [0.717, 1.165) is 20.4 Å². The van der Waals surface area contributed by atoms with Gasteiger partial charge in [0, 0.05) is 6.66 Å². The van der Waals surface area contributed by atoms with Gasteiger partial charge in [-0.05, 0) is 79.1 Å². The third kappa shape index (κ3) is 5.21. The molecule has 0 spiro atoms. The van der Waals surface area contributed by atoms with E-state index >= 15 is 0 Å². The Labute approximate surface area is 163 Å². The summed E-state index contributed by atoms with van der Waals surface area (Å²) in [4.78, 5) is 0. The molecule has 0 bridgehead atoms. The molecule has 24 heavy (non-hydrogen) atoms. The van der Waals surface area contributed by atoms with Crippen LogP contribution in [0.5, 0.6) is 11.5 Å². The molecule has 2 nitrogen and oxygen atoms in total. The van der Waals surface area contributed by atoms with Crippen molar-refractivity contribution in [1.29, 1.82) is 0 Å². The molecule has 0 N–H and O–H groups in total. The number of hydrogen-bond donors (Lipinski definition) is 0. The summed E-state index contributed by atoms with van der Waals surface area (Å²) in [6.07, 6.45) is 0. The molecular weight excluding hydrogens is 451 g/mol. The highest BCUT2D eigenvalue weighted by molar-refractivity contribution is 9.11. The van der Waals surface area contributed by atoms with Crippen LogP contribution >= 0.6 is 40.2 Å². The van der Waals surface area contributed by atoms with Crippen molar-refractivity contribution in [3.63, 3.8) is 0 Å². The molecule has 0 aliphatic carbocycles. The minimum atomic E-state index is -1.08. The Morgan fingerprint density at radius 1 is 0.750 bits per heavy atom. The van der Waals surface area contributed by atoms with E-state index in [-0.39, 0.29) is 0 Å². The van der Waals surface area contributed by atoms with Crippen LogP contribution in [0.15, 0.2) is 45.3 Å². The zero-order chi connectivity index (χ0) is 17.9. The van der Waals surface area contributed by atoms with Crippen LogP contribution in [0.1, 0.15) is 50.7 Å². The fourth-order valence-corrected chi connectivity index (χ4v) is 4.31. The van der Waals surface area contributed by atoms with Gasteiger partial charge in [0.1, 0.15) is 11.5 Å². The van der Waals surface area contributed by atoms with E-state index in [0.29, 0.717) is 11.8 Å². The highest BCUT2D eigenvalue weighted by Gasteiger charge is 2.14. The Kier molecular flexibility index (Phi) is 7.15. The fraction of sp³-hybridized carbons (Fsp3) is 0.368. The molecule has 2 rings (SSSR count). The topological polar surface area (TPSA) is 18.5 Å². The Morgan fingerprint density at radius 2 is 1.12 bits per heavy atom. The molecule has 0 unspecified atom stereocenters. The lowest BCUT2D eigenvalue weighted by Crippen LogP contribution is -1.97. The maximum absolute atomic E-state index is 5.99. The molecular formula is C19H23Br2O2P. The largest absolute Gasteiger partial charge is 0.438 e. The third-order valence-electron chi connectivity index (χ3n) is 3.70. The molecule has 0 heterocycles. The highest BCUT2D eigenvalue weighted by Crippen LogP contribution is 2.43. The van der Waals surface area contributed by atoms with Crippen LogP contribution in [0.4, 0.5) is 0 Å². The van der Waals surface area contributed by atoms with Gasteiger partial charge in [0.15, 0.2) is 0 Å². The fourth-order valence-electron chi connectivity index (χ4n) is 2.20. The van der Waals surface area contributed by atoms with E-state index in [1.165, 1.54) is 11.1 Å². The Hall–Kier alpha value is -0.570. The molecule has 0 aliphatic heterocycles. The van der Waals surface area contributed by atoms with E-state index in [9.17, 15) is 0 Å². The van der Waals surface area contributed by atoms with Gasteiger partial charge in [-0.3, -0.25) is 0 Å². The number of rotatable bonds is 6. The van der Waals surface area contributed by atoms with Crippen LogP contribution in [0.25, 0.3) is 0 Å². The van der Waals surface area contributed by atoms with E-state index in [1.807, 2.05) is 18.8 Å². The zero-order valence-corrected chi connectivity index (χ0v) is 18.7. The van der Waals surface area contributed by atoms with Gasteiger partial charge in [0.05, 0.1) is 8.95 Å². The predicted molar refractivity (Wildman–Crippen MR) is 111 cm³/mol. The van der Waals surface area contributed by atoms with Crippen molar-refractivity contribution >= 4 is 40.2 Å². The number of benzene rings is 2. The van der Waals surface area contributed by atoms with Gasteiger partial charge in [0.25, 0.3) is 8.38 Å². The van der Waals surface area contributed by atoms with Crippen LogP contribution in [0.3, 0.4) is 0 Å². The summed E-state index contributed by atoms with van der Waals surface area (Å²) in [5.41, 5.74) is 2.56. The van der Waals surface area contributed by atoms with Crippen LogP contribution in [0, 0.1) is 0 Å². The highest BCUT2D eigenvalue weighted by atomic mass is 79.9. The van der Waals surface area contributed by atoms with Gasteiger partial charge >= 0.3 is 0 Å². The lowest BCUT2D eigenvalue weighted by atomic mass is 10.0. The van der Waals surface area contributed by atoms with E-state index in [1.54, 1.807) is 0 Å². The maximum Gasteiger partial charge on any atom is 0.287 e. The van der Waals surface area contributed by atoms with E-state index in [2.05, 4.69) is 83.8 Å². The first-order chi connectivity index (χ1) is 11.3. The first-order valence-electron chi connectivity index (χ1n) is 7.96. The molecule has 0 amide bonds. The molecule has 0 saturated heterocycles. The molecule has 0 fully saturated rings. The Morgan fingerprint density at radius 3 is 1.42 bits per heavy atom. The minimum Gasteiger partial charge on any atom is -0.438 e. The van der Waals surface area contributed by atoms with Crippen molar-refractivity contribution in [2.45, 2.75) is 39.5 Å². The molecule has 2 aromatic carbocycles. The van der Waals surface area contributed by atoms with Crippen LogP contribution in [-0.2, 0) is 0 Å². The molecule has 0 atom stereocenters. The summed E-state index contributed by atoms with van der Waals surface area (Å²) in [5, 5.41) is 0. The van der Waals surface area contributed by atoms with E-state index in [4.69, 9.17) is 9.05 Å². The molecule has 0 saturated carbocycles. The molecule has 0 aromatic heterocycles. The van der Waals surface area contributed by atoms with Crippen molar-refractivity contribution in [1.82, 2.24) is 0 Å². The monoisotopic (exact) mass is 472 g/mol. The van der Waals surface area contributed by atoms with Crippen LogP contribution < -0.4 is 9.05 Å². The van der Waals surface area contributed by atoms with Crippen LogP contribution in [0.2, 0.25) is 0 Å². The summed E-state index contributed by atoms with van der Waals surface area (Å²) in [6, 6.07) is 12.4. The Balaban J connectivity index is 2.07. The van der Waals surface area contributed by atoms with Gasteiger partial charge < -0.3 is 9.05 Å². The minimum absolute atomic E-state index is 0.491. The zero-order valence-electron chi connectivity index (χ0n) is 14.6. The lowest BCUT2D eigenvalue weighted by molar-refractivity contribution is 0.493. The van der Waals surface area contributed by atoms with Crippen LogP contribution in [-0.4, -0.2) is 6.66 Å². The van der Waals surface area contributed by atoms with Crippen molar-refractivity contribution in [3.05, 3.63) is 56.5 Å². The first kappa shape index (κ1) is 19.8. The van der Waals surface area contributed by atoms with Crippen molar-refractivity contribution in [2.24, 2.45) is 0 Å². The summed E-state index contributed by atoms with van der Waals surface area (Å²) < 4.78 is 13.9. The summed E-state index contributed by atoms with van der Waals surface area (Å²) >= 11 is 7.18. The van der Waals surface area contributed by atoms with Crippen molar-refractivity contribution in [2.75, 3.05) is 6.66 Å². The van der Waals surface area contributed by atoms with Gasteiger partial charge in [-0.1, -0.05) is 39.8 Å². The summed E-state index contributed by atoms with van der Waals surface area (Å²) in [7, 11) is -1.08. The van der Waals surface area contributed by atoms with Gasteiger partial charge in [-0.2, -0.15) is 0 Å². The molecule has 0 radical (unpaired) electrons. The quantitative estimate of drug-likeness (QED) is 0.397.